The van der Waals surface area contributed by atoms with Crippen molar-refractivity contribution in [2.45, 2.75) is 45.1 Å². The molecule has 1 aromatic rings. The maximum atomic E-state index is 11.0. The van der Waals surface area contributed by atoms with E-state index < -0.39 is 0 Å². The molecule has 1 aliphatic heterocycles. The standard InChI is InChI=1S/C14H18O2/c1-3-10(2)11-4-6-12(7-5-11)13-8-9-14(15)16-13/h4-7,10,13H,3,8-9H2,1-2H3. The average Bonchev–Trinajstić information content (AvgIpc) is 2.75. The van der Waals surface area contributed by atoms with E-state index >= 15 is 0 Å². The molecule has 1 fully saturated rings. The molecule has 16 heavy (non-hydrogen) atoms. The first-order chi connectivity index (χ1) is 7.70. The van der Waals surface area contributed by atoms with Gasteiger partial charge in [0.2, 0.25) is 0 Å². The van der Waals surface area contributed by atoms with Gasteiger partial charge in [-0.3, -0.25) is 4.79 Å². The first-order valence-corrected chi connectivity index (χ1v) is 6.00. The third-order valence-electron chi connectivity index (χ3n) is 3.37. The molecule has 0 amide bonds. The molecule has 2 rings (SSSR count). The molecule has 2 unspecified atom stereocenters. The highest BCUT2D eigenvalue weighted by atomic mass is 16.5. The Morgan fingerprint density at radius 3 is 2.56 bits per heavy atom. The molecule has 0 aromatic heterocycles. The van der Waals surface area contributed by atoms with Gasteiger partial charge in [-0.15, -0.1) is 0 Å². The van der Waals surface area contributed by atoms with Crippen molar-refractivity contribution < 1.29 is 9.53 Å². The van der Waals surface area contributed by atoms with Crippen LogP contribution in [0, 0.1) is 0 Å². The molecule has 2 heteroatoms. The van der Waals surface area contributed by atoms with Crippen molar-refractivity contribution in [2.75, 3.05) is 0 Å². The van der Waals surface area contributed by atoms with Crippen molar-refractivity contribution in [3.8, 4) is 0 Å². The van der Waals surface area contributed by atoms with Crippen LogP contribution in [0.25, 0.3) is 0 Å². The zero-order valence-electron chi connectivity index (χ0n) is 9.90. The first-order valence-electron chi connectivity index (χ1n) is 6.00. The van der Waals surface area contributed by atoms with Crippen molar-refractivity contribution in [3.63, 3.8) is 0 Å². The Hall–Kier alpha value is -1.31. The van der Waals surface area contributed by atoms with Gasteiger partial charge in [0.05, 0.1) is 0 Å². The Bertz CT molecular complexity index is 367. The minimum atomic E-state index is -0.0731. The number of rotatable bonds is 3. The summed E-state index contributed by atoms with van der Waals surface area (Å²) >= 11 is 0. The van der Waals surface area contributed by atoms with Crippen LogP contribution < -0.4 is 0 Å². The van der Waals surface area contributed by atoms with Crippen molar-refractivity contribution in [2.24, 2.45) is 0 Å². The fourth-order valence-electron chi connectivity index (χ4n) is 2.04. The molecule has 2 atom stereocenters. The summed E-state index contributed by atoms with van der Waals surface area (Å²) in [6, 6.07) is 8.47. The highest BCUT2D eigenvalue weighted by Gasteiger charge is 2.24. The second kappa shape index (κ2) is 4.69. The summed E-state index contributed by atoms with van der Waals surface area (Å²) in [6.07, 6.45) is 2.51. The number of esters is 1. The fraction of sp³-hybridized carbons (Fsp3) is 0.500. The summed E-state index contributed by atoms with van der Waals surface area (Å²) in [4.78, 5) is 11.0. The van der Waals surface area contributed by atoms with Gasteiger partial charge in [-0.05, 0) is 29.9 Å². The smallest absolute Gasteiger partial charge is 0.306 e. The second-order valence-electron chi connectivity index (χ2n) is 4.49. The van der Waals surface area contributed by atoms with Crippen LogP contribution in [0.15, 0.2) is 24.3 Å². The topological polar surface area (TPSA) is 26.3 Å². The molecule has 1 aliphatic rings. The monoisotopic (exact) mass is 218 g/mol. The molecule has 86 valence electrons. The van der Waals surface area contributed by atoms with Gasteiger partial charge in [0, 0.05) is 6.42 Å². The third kappa shape index (κ3) is 2.26. The van der Waals surface area contributed by atoms with Crippen molar-refractivity contribution in [1.29, 1.82) is 0 Å². The number of carbonyl (C=O) groups excluding carboxylic acids is 1. The van der Waals surface area contributed by atoms with Gasteiger partial charge in [-0.1, -0.05) is 38.1 Å². The molecule has 0 radical (unpaired) electrons. The van der Waals surface area contributed by atoms with Gasteiger partial charge in [-0.2, -0.15) is 0 Å². The number of benzene rings is 1. The van der Waals surface area contributed by atoms with E-state index in [-0.39, 0.29) is 12.1 Å². The number of carbonyl (C=O) groups is 1. The summed E-state index contributed by atoms with van der Waals surface area (Å²) in [6.45, 7) is 4.42. The molecule has 0 N–H and O–H groups in total. The molecule has 1 aromatic carbocycles. The van der Waals surface area contributed by atoms with Crippen LogP contribution in [-0.2, 0) is 9.53 Å². The zero-order chi connectivity index (χ0) is 11.5. The third-order valence-corrected chi connectivity index (χ3v) is 3.37. The summed E-state index contributed by atoms with van der Waals surface area (Å²) < 4.78 is 5.24. The van der Waals surface area contributed by atoms with E-state index in [2.05, 4.69) is 38.1 Å². The minimum Gasteiger partial charge on any atom is -0.457 e. The molecular weight excluding hydrogens is 200 g/mol. The van der Waals surface area contributed by atoms with Gasteiger partial charge in [0.15, 0.2) is 0 Å². The SMILES string of the molecule is CCC(C)c1ccc(C2CCC(=O)O2)cc1. The Labute approximate surface area is 96.6 Å². The second-order valence-corrected chi connectivity index (χ2v) is 4.49. The molecule has 1 saturated heterocycles. The van der Waals surface area contributed by atoms with Gasteiger partial charge in [-0.25, -0.2) is 0 Å². The highest BCUT2D eigenvalue weighted by Crippen LogP contribution is 2.30. The molecule has 0 bridgehead atoms. The van der Waals surface area contributed by atoms with Crippen LogP contribution in [0.2, 0.25) is 0 Å². The van der Waals surface area contributed by atoms with Crippen LogP contribution in [0.4, 0.5) is 0 Å². The van der Waals surface area contributed by atoms with E-state index in [1.54, 1.807) is 0 Å². The van der Waals surface area contributed by atoms with Crippen LogP contribution >= 0.6 is 0 Å². The predicted molar refractivity (Wildman–Crippen MR) is 63.2 cm³/mol. The van der Waals surface area contributed by atoms with Crippen LogP contribution in [0.3, 0.4) is 0 Å². The molecular formula is C14H18O2. The molecule has 0 aliphatic carbocycles. The Kier molecular flexibility index (Phi) is 3.28. The lowest BCUT2D eigenvalue weighted by Crippen LogP contribution is -1.99. The van der Waals surface area contributed by atoms with E-state index in [0.717, 1.165) is 18.4 Å². The lowest BCUT2D eigenvalue weighted by molar-refractivity contribution is -0.141. The quantitative estimate of drug-likeness (QED) is 0.725. The number of ether oxygens (including phenoxy) is 1. The lowest BCUT2D eigenvalue weighted by atomic mass is 9.96. The Morgan fingerprint density at radius 2 is 2.06 bits per heavy atom. The molecule has 2 nitrogen and oxygen atoms in total. The Balaban J connectivity index is 2.10. The van der Waals surface area contributed by atoms with Crippen molar-refractivity contribution in [1.82, 2.24) is 0 Å². The number of hydrogen-bond donors (Lipinski definition) is 0. The van der Waals surface area contributed by atoms with E-state index in [0.29, 0.717) is 12.3 Å². The van der Waals surface area contributed by atoms with E-state index in [1.807, 2.05) is 0 Å². The van der Waals surface area contributed by atoms with Gasteiger partial charge < -0.3 is 4.74 Å². The van der Waals surface area contributed by atoms with Crippen LogP contribution in [0.5, 0.6) is 0 Å². The van der Waals surface area contributed by atoms with Crippen molar-refractivity contribution >= 4 is 5.97 Å². The van der Waals surface area contributed by atoms with Crippen molar-refractivity contribution in [3.05, 3.63) is 35.4 Å². The fourth-order valence-corrected chi connectivity index (χ4v) is 2.04. The van der Waals surface area contributed by atoms with E-state index in [4.69, 9.17) is 4.74 Å². The van der Waals surface area contributed by atoms with Gasteiger partial charge in [0.25, 0.3) is 0 Å². The maximum Gasteiger partial charge on any atom is 0.306 e. The van der Waals surface area contributed by atoms with E-state index in [1.165, 1.54) is 5.56 Å². The van der Waals surface area contributed by atoms with Gasteiger partial charge >= 0.3 is 5.97 Å². The Morgan fingerprint density at radius 1 is 1.38 bits per heavy atom. The summed E-state index contributed by atoms with van der Waals surface area (Å²) in [5.74, 6) is 0.524. The summed E-state index contributed by atoms with van der Waals surface area (Å²) in [5, 5.41) is 0. The number of hydrogen-bond acceptors (Lipinski definition) is 2. The number of cyclic esters (lactones) is 1. The maximum absolute atomic E-state index is 11.0. The predicted octanol–water partition coefficient (Wildman–Crippen LogP) is 3.58. The summed E-state index contributed by atoms with van der Waals surface area (Å²) in [5.41, 5.74) is 2.48. The highest BCUT2D eigenvalue weighted by molar-refractivity contribution is 5.71. The lowest BCUT2D eigenvalue weighted by Gasteiger charge is -2.12. The van der Waals surface area contributed by atoms with Gasteiger partial charge in [0.1, 0.15) is 6.10 Å². The summed E-state index contributed by atoms with van der Waals surface area (Å²) in [7, 11) is 0. The normalized spacial score (nSPS) is 21.9. The zero-order valence-corrected chi connectivity index (χ0v) is 9.90. The van der Waals surface area contributed by atoms with Crippen LogP contribution in [-0.4, -0.2) is 5.97 Å². The molecule has 0 spiro atoms. The molecule has 0 saturated carbocycles. The van der Waals surface area contributed by atoms with Crippen LogP contribution in [0.1, 0.15) is 56.3 Å². The minimum absolute atomic E-state index is 0.0153. The molecule has 1 heterocycles. The first kappa shape index (κ1) is 11.2. The average molecular weight is 218 g/mol. The largest absolute Gasteiger partial charge is 0.457 e. The van der Waals surface area contributed by atoms with E-state index in [9.17, 15) is 4.79 Å².